The Kier molecular flexibility index (Phi) is 4.92. The van der Waals surface area contributed by atoms with Crippen molar-refractivity contribution in [3.63, 3.8) is 0 Å². The lowest BCUT2D eigenvalue weighted by molar-refractivity contribution is 1.10. The summed E-state index contributed by atoms with van der Waals surface area (Å²) >= 11 is 0. The minimum absolute atomic E-state index is 0.571. The molecule has 0 amide bonds. The van der Waals surface area contributed by atoms with Gasteiger partial charge in [-0.15, -0.1) is 0 Å². The van der Waals surface area contributed by atoms with E-state index in [1.54, 1.807) is 0 Å². The Balaban J connectivity index is 1.99. The monoisotopic (exact) mass is 306 g/mol. The molecular formula is C19H19N2P. The van der Waals surface area contributed by atoms with E-state index in [1.165, 1.54) is 11.1 Å². The third kappa shape index (κ3) is 3.40. The average molecular weight is 306 g/mol. The first-order valence-corrected chi connectivity index (χ1v) is 9.07. The van der Waals surface area contributed by atoms with Gasteiger partial charge in [-0.25, -0.2) is 0 Å². The van der Waals surface area contributed by atoms with Crippen molar-refractivity contribution in [1.82, 2.24) is 9.97 Å². The van der Waals surface area contributed by atoms with Gasteiger partial charge >= 0.3 is 0 Å². The number of rotatable bonds is 5. The highest BCUT2D eigenvalue weighted by Gasteiger charge is 2.17. The molecule has 2 nitrogen and oxygen atoms in total. The number of hydrogen-bond donors (Lipinski definition) is 0. The Morgan fingerprint density at radius 2 is 1.27 bits per heavy atom. The smallest absolute Gasteiger partial charge is 0.0695 e. The van der Waals surface area contributed by atoms with Crippen molar-refractivity contribution < 1.29 is 0 Å². The largest absolute Gasteiger partial charge is 0.256 e. The molecule has 0 aliphatic heterocycles. The molecular weight excluding hydrogens is 287 g/mol. The highest BCUT2D eigenvalue weighted by atomic mass is 31.1. The van der Waals surface area contributed by atoms with Crippen LogP contribution in [0.15, 0.2) is 73.1 Å². The van der Waals surface area contributed by atoms with E-state index in [9.17, 15) is 0 Å². The summed E-state index contributed by atoms with van der Waals surface area (Å²) in [6, 6.07) is 21.0. The Bertz CT molecular complexity index is 674. The van der Waals surface area contributed by atoms with E-state index in [1.807, 2.05) is 24.5 Å². The van der Waals surface area contributed by atoms with Gasteiger partial charge in [0.15, 0.2) is 0 Å². The summed E-state index contributed by atoms with van der Waals surface area (Å²) in [5, 5.41) is 0. The van der Waals surface area contributed by atoms with Gasteiger partial charge in [-0.05, 0) is 41.8 Å². The Labute approximate surface area is 133 Å². The van der Waals surface area contributed by atoms with Crippen LogP contribution in [0, 0.1) is 0 Å². The molecule has 0 saturated heterocycles. The second kappa shape index (κ2) is 7.29. The summed E-state index contributed by atoms with van der Waals surface area (Å²) in [6.45, 7) is 2.21. The number of nitrogens with zero attached hydrogens (tertiary/aromatic N) is 2. The normalized spacial score (nSPS) is 10.8. The lowest BCUT2D eigenvalue weighted by atomic mass is 10.1. The first kappa shape index (κ1) is 14.9. The fraction of sp³-hybridized carbons (Fsp3) is 0.158. The highest BCUT2D eigenvalue weighted by molar-refractivity contribution is 7.71. The van der Waals surface area contributed by atoms with Crippen LogP contribution < -0.4 is 10.9 Å². The van der Waals surface area contributed by atoms with Crippen LogP contribution in [0.3, 0.4) is 0 Å². The zero-order chi connectivity index (χ0) is 15.2. The van der Waals surface area contributed by atoms with Gasteiger partial charge in [-0.3, -0.25) is 9.97 Å². The summed E-state index contributed by atoms with van der Waals surface area (Å²) in [5.74, 6) is 0. The molecule has 0 bridgehead atoms. The maximum atomic E-state index is 4.60. The first-order valence-electron chi connectivity index (χ1n) is 7.55. The number of aryl methyl sites for hydroxylation is 1. The number of pyridine rings is 2. The molecule has 0 aliphatic rings. The van der Waals surface area contributed by atoms with Gasteiger partial charge in [0.25, 0.3) is 0 Å². The van der Waals surface area contributed by atoms with Crippen LogP contribution in [0.25, 0.3) is 0 Å². The van der Waals surface area contributed by atoms with Crippen molar-refractivity contribution in [2.45, 2.75) is 19.5 Å². The molecule has 3 heteroatoms. The third-order valence-corrected chi connectivity index (χ3v) is 5.97. The van der Waals surface area contributed by atoms with Crippen LogP contribution in [0.4, 0.5) is 0 Å². The number of benzene rings is 1. The second-order valence-electron chi connectivity index (χ2n) is 5.08. The van der Waals surface area contributed by atoms with Crippen molar-refractivity contribution in [3.8, 4) is 0 Å². The van der Waals surface area contributed by atoms with E-state index in [0.29, 0.717) is 0 Å². The van der Waals surface area contributed by atoms with Crippen LogP contribution in [0.5, 0.6) is 0 Å². The predicted octanol–water partition coefficient (Wildman–Crippen LogP) is 3.67. The Morgan fingerprint density at radius 3 is 1.77 bits per heavy atom. The molecule has 0 saturated carbocycles. The molecule has 3 rings (SSSR count). The number of aromatic nitrogens is 2. The van der Waals surface area contributed by atoms with Crippen molar-refractivity contribution in [3.05, 3.63) is 84.2 Å². The minimum Gasteiger partial charge on any atom is -0.256 e. The zero-order valence-corrected chi connectivity index (χ0v) is 13.6. The molecule has 1 aromatic carbocycles. The van der Waals surface area contributed by atoms with Gasteiger partial charge < -0.3 is 0 Å². The molecule has 0 aliphatic carbocycles. The molecule has 3 aromatic rings. The topological polar surface area (TPSA) is 25.8 Å². The number of hydrogen-bond acceptors (Lipinski definition) is 2. The van der Waals surface area contributed by atoms with Gasteiger partial charge in [0.05, 0.1) is 10.9 Å². The van der Waals surface area contributed by atoms with Gasteiger partial charge in [-0.1, -0.05) is 43.3 Å². The highest BCUT2D eigenvalue weighted by Crippen LogP contribution is 2.37. The van der Waals surface area contributed by atoms with E-state index < -0.39 is 7.92 Å². The molecule has 0 atom stereocenters. The van der Waals surface area contributed by atoms with Crippen molar-refractivity contribution in [2.75, 3.05) is 0 Å². The zero-order valence-electron chi connectivity index (χ0n) is 12.7. The Hall–Kier alpha value is -2.05. The van der Waals surface area contributed by atoms with Gasteiger partial charge in [0.2, 0.25) is 0 Å². The Morgan fingerprint density at radius 1 is 0.727 bits per heavy atom. The first-order chi connectivity index (χ1) is 10.9. The molecule has 0 unspecified atom stereocenters. The molecule has 2 aromatic heterocycles. The fourth-order valence-corrected chi connectivity index (χ4v) is 4.69. The lowest BCUT2D eigenvalue weighted by Gasteiger charge is -2.18. The maximum absolute atomic E-state index is 4.60. The van der Waals surface area contributed by atoms with Gasteiger partial charge in [-0.2, -0.15) is 0 Å². The van der Waals surface area contributed by atoms with Crippen LogP contribution in [-0.4, -0.2) is 9.97 Å². The van der Waals surface area contributed by atoms with Crippen LogP contribution >= 0.6 is 7.92 Å². The molecule has 22 heavy (non-hydrogen) atoms. The van der Waals surface area contributed by atoms with Crippen molar-refractivity contribution >= 4 is 18.8 Å². The summed E-state index contributed by atoms with van der Waals surface area (Å²) < 4.78 is 0. The van der Waals surface area contributed by atoms with Crippen LogP contribution in [-0.2, 0) is 12.6 Å². The van der Waals surface area contributed by atoms with E-state index >= 15 is 0 Å². The van der Waals surface area contributed by atoms with Crippen molar-refractivity contribution in [2.24, 2.45) is 0 Å². The van der Waals surface area contributed by atoms with Crippen LogP contribution in [0.2, 0.25) is 0 Å². The maximum Gasteiger partial charge on any atom is 0.0695 e. The summed E-state index contributed by atoms with van der Waals surface area (Å²) in [6.07, 6.45) is 5.80. The van der Waals surface area contributed by atoms with E-state index in [-0.39, 0.29) is 0 Å². The molecule has 0 spiro atoms. The SMILES string of the molecule is CCc1ccccc1CP(c1ccccn1)c1ccccn1. The predicted molar refractivity (Wildman–Crippen MR) is 94.2 cm³/mol. The second-order valence-corrected chi connectivity index (χ2v) is 7.17. The molecule has 0 fully saturated rings. The molecule has 0 N–H and O–H groups in total. The fourth-order valence-electron chi connectivity index (χ4n) is 2.53. The summed E-state index contributed by atoms with van der Waals surface area (Å²) in [4.78, 5) is 9.19. The van der Waals surface area contributed by atoms with Gasteiger partial charge in [0, 0.05) is 26.5 Å². The van der Waals surface area contributed by atoms with E-state index in [0.717, 1.165) is 23.5 Å². The third-order valence-electron chi connectivity index (χ3n) is 3.68. The standard InChI is InChI=1S/C19H19N2P/c1-2-16-9-3-4-10-17(16)15-22(18-11-5-7-13-20-18)19-12-6-8-14-21-19/h3-14H,2,15H2,1H3. The summed E-state index contributed by atoms with van der Waals surface area (Å²) in [7, 11) is -0.571. The van der Waals surface area contributed by atoms with E-state index in [4.69, 9.17) is 0 Å². The van der Waals surface area contributed by atoms with Crippen LogP contribution in [0.1, 0.15) is 18.1 Å². The van der Waals surface area contributed by atoms with Crippen molar-refractivity contribution in [1.29, 1.82) is 0 Å². The average Bonchev–Trinajstić information content (AvgIpc) is 2.61. The molecule has 0 radical (unpaired) electrons. The van der Waals surface area contributed by atoms with E-state index in [2.05, 4.69) is 65.4 Å². The molecule has 110 valence electrons. The minimum atomic E-state index is -0.571. The van der Waals surface area contributed by atoms with Gasteiger partial charge in [0.1, 0.15) is 0 Å². The quantitative estimate of drug-likeness (QED) is 0.672. The molecule has 2 heterocycles. The summed E-state index contributed by atoms with van der Waals surface area (Å²) in [5.41, 5.74) is 5.11. The lowest BCUT2D eigenvalue weighted by Crippen LogP contribution is -2.18.